The highest BCUT2D eigenvalue weighted by atomic mass is 16.5. The Balaban J connectivity index is 1.91. The van der Waals surface area contributed by atoms with Crippen LogP contribution in [0, 0.1) is 0 Å². The van der Waals surface area contributed by atoms with Crippen LogP contribution in [0.4, 0.5) is 0 Å². The van der Waals surface area contributed by atoms with Crippen molar-refractivity contribution in [3.05, 3.63) is 18.0 Å². The first kappa shape index (κ1) is 16.5. The number of hydrogen-bond donors (Lipinski definition) is 0. The first-order valence-electron chi connectivity index (χ1n) is 8.02. The monoisotopic (exact) mass is 294 g/mol. The number of rotatable bonds is 6. The largest absolute Gasteiger partial charge is 0.383 e. The summed E-state index contributed by atoms with van der Waals surface area (Å²) < 4.78 is 7.26. The highest BCUT2D eigenvalue weighted by molar-refractivity contribution is 5.00. The second kappa shape index (κ2) is 7.38. The van der Waals surface area contributed by atoms with E-state index in [-0.39, 0.29) is 0 Å². The van der Waals surface area contributed by atoms with Crippen LogP contribution in [0.25, 0.3) is 0 Å². The number of ether oxygens (including phenoxy) is 1. The molecule has 120 valence electrons. The van der Waals surface area contributed by atoms with Crippen molar-refractivity contribution in [1.82, 2.24) is 19.6 Å². The molecule has 0 N–H and O–H groups in total. The lowest BCUT2D eigenvalue weighted by molar-refractivity contribution is 0.0173. The smallest absolute Gasteiger partial charge is 0.0764 e. The van der Waals surface area contributed by atoms with E-state index in [1.54, 1.807) is 7.11 Å². The maximum atomic E-state index is 5.22. The molecule has 1 aliphatic heterocycles. The van der Waals surface area contributed by atoms with Crippen molar-refractivity contribution in [3.63, 3.8) is 0 Å². The van der Waals surface area contributed by atoms with Gasteiger partial charge < -0.3 is 4.74 Å². The molecule has 0 bridgehead atoms. The molecule has 0 saturated carbocycles. The van der Waals surface area contributed by atoms with Crippen LogP contribution < -0.4 is 0 Å². The summed E-state index contributed by atoms with van der Waals surface area (Å²) in [7, 11) is 1.77. The van der Waals surface area contributed by atoms with Gasteiger partial charge in [0, 0.05) is 57.6 Å². The van der Waals surface area contributed by atoms with Gasteiger partial charge in [-0.15, -0.1) is 0 Å². The van der Waals surface area contributed by atoms with Gasteiger partial charge in [0.15, 0.2) is 0 Å². The van der Waals surface area contributed by atoms with E-state index < -0.39 is 0 Å². The average Bonchev–Trinajstić information content (AvgIpc) is 2.86. The third-order valence-corrected chi connectivity index (χ3v) is 4.31. The zero-order valence-corrected chi connectivity index (χ0v) is 14.1. The summed E-state index contributed by atoms with van der Waals surface area (Å²) in [6.45, 7) is 13.9. The van der Waals surface area contributed by atoms with Gasteiger partial charge in [0.1, 0.15) is 0 Å². The van der Waals surface area contributed by atoms with E-state index in [0.29, 0.717) is 18.1 Å². The maximum Gasteiger partial charge on any atom is 0.0764 e. The molecule has 0 aliphatic carbocycles. The van der Waals surface area contributed by atoms with Crippen LogP contribution in [0.1, 0.15) is 39.4 Å². The third kappa shape index (κ3) is 4.28. The van der Waals surface area contributed by atoms with Crippen molar-refractivity contribution >= 4 is 0 Å². The molecule has 0 radical (unpaired) electrons. The van der Waals surface area contributed by atoms with Crippen LogP contribution in [0.2, 0.25) is 0 Å². The topological polar surface area (TPSA) is 33.5 Å². The van der Waals surface area contributed by atoms with Crippen LogP contribution >= 0.6 is 0 Å². The van der Waals surface area contributed by atoms with E-state index >= 15 is 0 Å². The van der Waals surface area contributed by atoms with E-state index in [2.05, 4.69) is 54.9 Å². The second-order valence-corrected chi connectivity index (χ2v) is 6.50. The predicted molar refractivity (Wildman–Crippen MR) is 85.4 cm³/mol. The minimum atomic E-state index is 0.433. The Morgan fingerprint density at radius 2 is 1.95 bits per heavy atom. The van der Waals surface area contributed by atoms with E-state index in [4.69, 9.17) is 4.74 Å². The Kier molecular flexibility index (Phi) is 5.79. The van der Waals surface area contributed by atoms with Gasteiger partial charge in [-0.3, -0.25) is 14.5 Å². The normalized spacial score (nSPS) is 24.9. The summed E-state index contributed by atoms with van der Waals surface area (Å²) in [4.78, 5) is 5.07. The number of piperazine rings is 1. The zero-order valence-electron chi connectivity index (χ0n) is 14.1. The fraction of sp³-hybridized carbons (Fsp3) is 0.812. The Hall–Kier alpha value is -0.910. The molecule has 2 rings (SSSR count). The SMILES string of the molecule is COCCN1[C@H](C)CN(Cc2ccn(C(C)C)n2)C[C@@H]1C. The lowest BCUT2D eigenvalue weighted by Gasteiger charge is -2.44. The van der Waals surface area contributed by atoms with Gasteiger partial charge in [0.2, 0.25) is 0 Å². The van der Waals surface area contributed by atoms with E-state index in [1.165, 1.54) is 5.69 Å². The van der Waals surface area contributed by atoms with Crippen molar-refractivity contribution in [3.8, 4) is 0 Å². The Morgan fingerprint density at radius 1 is 1.29 bits per heavy atom. The lowest BCUT2D eigenvalue weighted by Crippen LogP contribution is -2.56. The average molecular weight is 294 g/mol. The number of methoxy groups -OCH3 is 1. The summed E-state index contributed by atoms with van der Waals surface area (Å²) in [6.07, 6.45) is 2.09. The number of nitrogens with zero attached hydrogens (tertiary/aromatic N) is 4. The molecule has 0 spiro atoms. The molecule has 21 heavy (non-hydrogen) atoms. The molecular weight excluding hydrogens is 264 g/mol. The third-order valence-electron chi connectivity index (χ3n) is 4.31. The van der Waals surface area contributed by atoms with Crippen LogP contribution in [0.3, 0.4) is 0 Å². The molecule has 0 amide bonds. The molecule has 1 aromatic heterocycles. The Labute approximate surface area is 128 Å². The van der Waals surface area contributed by atoms with Gasteiger partial charge >= 0.3 is 0 Å². The number of aromatic nitrogens is 2. The quantitative estimate of drug-likeness (QED) is 0.803. The predicted octanol–water partition coefficient (Wildman–Crippen LogP) is 2.00. The molecule has 1 fully saturated rings. The molecule has 2 atom stereocenters. The van der Waals surface area contributed by atoms with Crippen LogP contribution in [-0.2, 0) is 11.3 Å². The lowest BCUT2D eigenvalue weighted by atomic mass is 10.1. The Morgan fingerprint density at radius 3 is 2.48 bits per heavy atom. The van der Waals surface area contributed by atoms with Gasteiger partial charge in [-0.05, 0) is 33.8 Å². The Bertz CT molecular complexity index is 420. The minimum Gasteiger partial charge on any atom is -0.383 e. The van der Waals surface area contributed by atoms with Crippen LogP contribution in [0.15, 0.2) is 12.3 Å². The summed E-state index contributed by atoms with van der Waals surface area (Å²) in [5, 5.41) is 4.66. The summed E-state index contributed by atoms with van der Waals surface area (Å²) in [5.41, 5.74) is 1.17. The van der Waals surface area contributed by atoms with Crippen molar-refractivity contribution in [2.45, 2.75) is 52.4 Å². The van der Waals surface area contributed by atoms with Crippen molar-refractivity contribution < 1.29 is 4.74 Å². The van der Waals surface area contributed by atoms with E-state index in [9.17, 15) is 0 Å². The summed E-state index contributed by atoms with van der Waals surface area (Å²) in [6, 6.07) is 3.71. The van der Waals surface area contributed by atoms with Gasteiger partial charge in [-0.1, -0.05) is 0 Å². The standard InChI is InChI=1S/C16H30N4O/c1-13(2)20-7-6-16(17-20)12-18-10-14(3)19(8-9-21-5)15(4)11-18/h6-7,13-15H,8-12H2,1-5H3/t14-,15+. The molecule has 1 aromatic rings. The maximum absolute atomic E-state index is 5.22. The summed E-state index contributed by atoms with van der Waals surface area (Å²) >= 11 is 0. The van der Waals surface area contributed by atoms with Crippen LogP contribution in [-0.4, -0.2) is 65.0 Å². The fourth-order valence-corrected chi connectivity index (χ4v) is 3.21. The van der Waals surface area contributed by atoms with E-state index in [1.807, 2.05) is 4.68 Å². The molecule has 1 saturated heterocycles. The van der Waals surface area contributed by atoms with Crippen molar-refractivity contribution in [2.24, 2.45) is 0 Å². The molecule has 1 aliphatic rings. The second-order valence-electron chi connectivity index (χ2n) is 6.50. The molecule has 5 heteroatoms. The zero-order chi connectivity index (χ0) is 15.4. The fourth-order valence-electron chi connectivity index (χ4n) is 3.21. The molecule has 5 nitrogen and oxygen atoms in total. The van der Waals surface area contributed by atoms with Crippen molar-refractivity contribution in [2.75, 3.05) is 33.4 Å². The number of hydrogen-bond acceptors (Lipinski definition) is 4. The van der Waals surface area contributed by atoms with Gasteiger partial charge in [0.05, 0.1) is 12.3 Å². The molecule has 0 unspecified atom stereocenters. The highest BCUT2D eigenvalue weighted by Gasteiger charge is 2.29. The molecule has 2 heterocycles. The van der Waals surface area contributed by atoms with E-state index in [0.717, 1.165) is 32.8 Å². The molecular formula is C16H30N4O. The highest BCUT2D eigenvalue weighted by Crippen LogP contribution is 2.17. The summed E-state index contributed by atoms with van der Waals surface area (Å²) in [5.74, 6) is 0. The van der Waals surface area contributed by atoms with Crippen molar-refractivity contribution in [1.29, 1.82) is 0 Å². The first-order valence-corrected chi connectivity index (χ1v) is 8.02. The van der Waals surface area contributed by atoms with Crippen LogP contribution in [0.5, 0.6) is 0 Å². The van der Waals surface area contributed by atoms with Gasteiger partial charge in [-0.2, -0.15) is 5.10 Å². The first-order chi connectivity index (χ1) is 10.0. The molecule has 0 aromatic carbocycles. The van der Waals surface area contributed by atoms with Gasteiger partial charge in [0.25, 0.3) is 0 Å². The van der Waals surface area contributed by atoms with Gasteiger partial charge in [-0.25, -0.2) is 0 Å². The minimum absolute atomic E-state index is 0.433.